The Labute approximate surface area is 80.7 Å². The first-order chi connectivity index (χ1) is 6.54. The van der Waals surface area contributed by atoms with Crippen LogP contribution in [0.3, 0.4) is 0 Å². The summed E-state index contributed by atoms with van der Waals surface area (Å²) in [6.07, 6.45) is 1.99. The van der Waals surface area contributed by atoms with Crippen LogP contribution < -0.4 is 4.74 Å². The van der Waals surface area contributed by atoms with Gasteiger partial charge in [0.2, 0.25) is 0 Å². The molecule has 6 heteroatoms. The van der Waals surface area contributed by atoms with Gasteiger partial charge in [0.25, 0.3) is 0 Å². The summed E-state index contributed by atoms with van der Waals surface area (Å²) >= 11 is 0. The molecular formula is C8H10N3O3. The summed E-state index contributed by atoms with van der Waals surface area (Å²) in [5.74, 6) is -0.175. The third kappa shape index (κ3) is 1.23. The molecular weight excluding hydrogens is 186 g/mol. The van der Waals surface area contributed by atoms with Crippen LogP contribution >= 0.6 is 0 Å². The number of imidazole rings is 1. The highest BCUT2D eigenvalue weighted by atomic mass is 16.6. The Morgan fingerprint density at radius 2 is 2.64 bits per heavy atom. The number of nitrogens with zero attached hydrogens (tertiary/aromatic N) is 3. The van der Waals surface area contributed by atoms with Crippen molar-refractivity contribution in [2.45, 2.75) is 25.5 Å². The molecule has 14 heavy (non-hydrogen) atoms. The predicted octanol–water partition coefficient (Wildman–Crippen LogP) is 1.17. The van der Waals surface area contributed by atoms with Crippen LogP contribution in [-0.2, 0) is 6.54 Å². The molecule has 1 radical (unpaired) electrons. The van der Waals surface area contributed by atoms with Gasteiger partial charge in [0.1, 0.15) is 11.8 Å². The molecule has 75 valence electrons. The van der Waals surface area contributed by atoms with Crippen LogP contribution in [0.25, 0.3) is 0 Å². The standard InChI is InChI=1S/C8H10N3O3/c1-3-8(2)5-10-4-6(11(12)13)9-7(10)14-8/h4H,1,3,5H2,2H3. The molecule has 1 aromatic heterocycles. The first-order valence-electron chi connectivity index (χ1n) is 4.24. The van der Waals surface area contributed by atoms with Gasteiger partial charge >= 0.3 is 11.8 Å². The van der Waals surface area contributed by atoms with Gasteiger partial charge in [-0.2, -0.15) is 0 Å². The van der Waals surface area contributed by atoms with E-state index in [2.05, 4.69) is 11.9 Å². The highest BCUT2D eigenvalue weighted by Gasteiger charge is 2.38. The number of hydrogen-bond acceptors (Lipinski definition) is 4. The van der Waals surface area contributed by atoms with E-state index >= 15 is 0 Å². The summed E-state index contributed by atoms with van der Waals surface area (Å²) in [5.41, 5.74) is -0.378. The van der Waals surface area contributed by atoms with Crippen molar-refractivity contribution in [2.75, 3.05) is 0 Å². The summed E-state index contributed by atoms with van der Waals surface area (Å²) < 4.78 is 7.10. The lowest BCUT2D eigenvalue weighted by Gasteiger charge is -2.18. The molecule has 0 aromatic carbocycles. The van der Waals surface area contributed by atoms with Crippen molar-refractivity contribution in [3.05, 3.63) is 23.2 Å². The van der Waals surface area contributed by atoms with E-state index in [4.69, 9.17) is 4.74 Å². The minimum atomic E-state index is -0.532. The lowest BCUT2D eigenvalue weighted by molar-refractivity contribution is -0.389. The van der Waals surface area contributed by atoms with Gasteiger partial charge in [-0.3, -0.25) is 4.57 Å². The third-order valence-electron chi connectivity index (χ3n) is 2.29. The zero-order valence-corrected chi connectivity index (χ0v) is 7.77. The molecule has 0 saturated heterocycles. The van der Waals surface area contributed by atoms with Crippen LogP contribution in [0.15, 0.2) is 6.20 Å². The molecule has 0 bridgehead atoms. The molecule has 2 heterocycles. The van der Waals surface area contributed by atoms with Crippen LogP contribution in [0.2, 0.25) is 0 Å². The Hall–Kier alpha value is -1.59. The van der Waals surface area contributed by atoms with Crippen molar-refractivity contribution in [2.24, 2.45) is 0 Å². The molecule has 0 fully saturated rings. The molecule has 0 saturated carbocycles. The van der Waals surface area contributed by atoms with Gasteiger partial charge in [0.05, 0.1) is 6.54 Å². The Balaban J connectivity index is 2.28. The SMILES string of the molecule is [CH2]CC1(C)Cn2cc([N+](=O)[O-])nc2O1. The van der Waals surface area contributed by atoms with E-state index in [-0.39, 0.29) is 11.4 Å². The second-order valence-electron chi connectivity index (χ2n) is 3.57. The number of fused-ring (bicyclic) bond motifs is 1. The van der Waals surface area contributed by atoms with Crippen molar-refractivity contribution >= 4 is 5.82 Å². The van der Waals surface area contributed by atoms with E-state index in [9.17, 15) is 10.1 Å². The Morgan fingerprint density at radius 3 is 3.14 bits per heavy atom. The molecule has 0 N–H and O–H groups in total. The van der Waals surface area contributed by atoms with Gasteiger partial charge in [0, 0.05) is 4.98 Å². The smallest absolute Gasteiger partial charge is 0.414 e. The minimum Gasteiger partial charge on any atom is -0.438 e. The first-order valence-corrected chi connectivity index (χ1v) is 4.24. The van der Waals surface area contributed by atoms with Crippen molar-refractivity contribution in [3.63, 3.8) is 0 Å². The Morgan fingerprint density at radius 1 is 1.93 bits per heavy atom. The Kier molecular flexibility index (Phi) is 1.73. The molecule has 1 aliphatic heterocycles. The zero-order valence-electron chi connectivity index (χ0n) is 7.77. The fourth-order valence-electron chi connectivity index (χ4n) is 1.41. The summed E-state index contributed by atoms with van der Waals surface area (Å²) in [6.45, 7) is 6.23. The van der Waals surface area contributed by atoms with E-state index in [1.165, 1.54) is 6.20 Å². The van der Waals surface area contributed by atoms with Gasteiger partial charge in [-0.05, 0) is 25.2 Å². The topological polar surface area (TPSA) is 70.2 Å². The van der Waals surface area contributed by atoms with Gasteiger partial charge in [-0.1, -0.05) is 0 Å². The molecule has 0 amide bonds. The van der Waals surface area contributed by atoms with Crippen LogP contribution in [-0.4, -0.2) is 20.1 Å². The van der Waals surface area contributed by atoms with Gasteiger partial charge in [-0.15, -0.1) is 0 Å². The molecule has 1 unspecified atom stereocenters. The van der Waals surface area contributed by atoms with Gasteiger partial charge in [-0.25, -0.2) is 0 Å². The number of hydrogen-bond donors (Lipinski definition) is 0. The lowest BCUT2D eigenvalue weighted by atomic mass is 10.0. The third-order valence-corrected chi connectivity index (χ3v) is 2.29. The van der Waals surface area contributed by atoms with E-state index in [0.717, 1.165) is 0 Å². The van der Waals surface area contributed by atoms with Crippen LogP contribution in [0, 0.1) is 17.0 Å². The van der Waals surface area contributed by atoms with E-state index in [1.807, 2.05) is 6.92 Å². The predicted molar refractivity (Wildman–Crippen MR) is 47.9 cm³/mol. The number of nitro groups is 1. The monoisotopic (exact) mass is 196 g/mol. The number of aromatic nitrogens is 2. The van der Waals surface area contributed by atoms with E-state index in [0.29, 0.717) is 19.0 Å². The summed E-state index contributed by atoms with van der Waals surface area (Å²) in [7, 11) is 0. The molecule has 1 aliphatic rings. The molecule has 0 aliphatic carbocycles. The van der Waals surface area contributed by atoms with E-state index < -0.39 is 4.92 Å². The number of ether oxygens (including phenoxy) is 1. The van der Waals surface area contributed by atoms with E-state index in [1.54, 1.807) is 4.57 Å². The van der Waals surface area contributed by atoms with Crippen LogP contribution in [0.4, 0.5) is 5.82 Å². The average molecular weight is 196 g/mol. The Bertz CT molecular complexity index is 362. The van der Waals surface area contributed by atoms with Crippen LogP contribution in [0.1, 0.15) is 13.3 Å². The fraction of sp³-hybridized carbons (Fsp3) is 0.500. The summed E-state index contributed by atoms with van der Waals surface area (Å²) in [5, 5.41) is 10.4. The number of rotatable bonds is 2. The molecule has 0 spiro atoms. The molecule has 6 nitrogen and oxygen atoms in total. The maximum Gasteiger partial charge on any atom is 0.414 e. The molecule has 2 rings (SSSR count). The van der Waals surface area contributed by atoms with Crippen molar-refractivity contribution in [1.29, 1.82) is 0 Å². The maximum atomic E-state index is 10.4. The summed E-state index contributed by atoms with van der Waals surface area (Å²) in [6, 6.07) is 0.308. The largest absolute Gasteiger partial charge is 0.438 e. The minimum absolute atomic E-state index is 0.175. The second kappa shape index (κ2) is 2.70. The molecule has 1 aromatic rings. The van der Waals surface area contributed by atoms with Crippen molar-refractivity contribution < 1.29 is 9.66 Å². The zero-order chi connectivity index (χ0) is 10.3. The van der Waals surface area contributed by atoms with Gasteiger partial charge < -0.3 is 14.9 Å². The highest BCUT2D eigenvalue weighted by molar-refractivity contribution is 5.23. The van der Waals surface area contributed by atoms with Gasteiger partial charge in [0.15, 0.2) is 0 Å². The maximum absolute atomic E-state index is 10.4. The lowest BCUT2D eigenvalue weighted by Crippen LogP contribution is -2.30. The second-order valence-corrected chi connectivity index (χ2v) is 3.57. The average Bonchev–Trinajstić information content (AvgIpc) is 2.59. The normalized spacial score (nSPS) is 24.4. The van der Waals surface area contributed by atoms with Crippen LogP contribution in [0.5, 0.6) is 6.01 Å². The van der Waals surface area contributed by atoms with Crippen molar-refractivity contribution in [3.8, 4) is 6.01 Å². The highest BCUT2D eigenvalue weighted by Crippen LogP contribution is 2.32. The summed E-state index contributed by atoms with van der Waals surface area (Å²) in [4.78, 5) is 13.6. The fourth-order valence-corrected chi connectivity index (χ4v) is 1.41. The van der Waals surface area contributed by atoms with Crippen molar-refractivity contribution in [1.82, 2.24) is 9.55 Å². The quantitative estimate of drug-likeness (QED) is 0.525. The molecule has 1 atom stereocenters. The first kappa shape index (κ1) is 8.98.